The van der Waals surface area contributed by atoms with Crippen LogP contribution in [0.15, 0.2) is 67.1 Å². The summed E-state index contributed by atoms with van der Waals surface area (Å²) in [6.07, 6.45) is 13.4. The first-order chi connectivity index (χ1) is 20.2. The number of nitrogens with two attached hydrogens (primary N) is 1. The second-order valence-electron chi connectivity index (χ2n) is 10.3. The number of fused-ring (bicyclic) bond motifs is 1. The molecule has 0 saturated carbocycles. The third-order valence-electron chi connectivity index (χ3n) is 6.93. The van der Waals surface area contributed by atoms with Crippen molar-refractivity contribution in [1.82, 2.24) is 38.7 Å². The molecule has 0 aliphatic rings. The summed E-state index contributed by atoms with van der Waals surface area (Å²) in [6.45, 7) is 17.0. The van der Waals surface area contributed by atoms with Gasteiger partial charge in [0.2, 0.25) is 5.91 Å². The summed E-state index contributed by atoms with van der Waals surface area (Å²) in [5, 5.41) is 11.5. The van der Waals surface area contributed by atoms with Gasteiger partial charge in [-0.15, -0.1) is 0 Å². The van der Waals surface area contributed by atoms with Gasteiger partial charge in [-0.3, -0.25) is 18.8 Å². The smallest absolute Gasteiger partial charge is 0.246 e. The zero-order valence-electron chi connectivity index (χ0n) is 25.0. The molecule has 0 radical (unpaired) electrons. The van der Waals surface area contributed by atoms with E-state index in [1.165, 1.54) is 18.0 Å². The van der Waals surface area contributed by atoms with Crippen molar-refractivity contribution in [3.05, 3.63) is 78.4 Å². The lowest BCUT2D eigenvalue weighted by molar-refractivity contribution is -0.121. The molecule has 222 valence electrons. The van der Waals surface area contributed by atoms with E-state index in [-0.39, 0.29) is 12.5 Å². The largest absolute Gasteiger partial charge is 0.397 e. The van der Waals surface area contributed by atoms with E-state index in [0.717, 1.165) is 47.3 Å². The monoisotopic (exact) mass is 588 g/mol. The second-order valence-corrected chi connectivity index (χ2v) is 11.1. The maximum Gasteiger partial charge on any atom is 0.246 e. The molecule has 4 heterocycles. The number of aromatic nitrogens is 6. The number of nitrogens with zero attached hydrogens (tertiary/aromatic N) is 7. The van der Waals surface area contributed by atoms with Crippen LogP contribution in [0, 0.1) is 12.8 Å². The molecule has 4 aromatic heterocycles. The number of aryl methyl sites for hydroxylation is 1. The summed E-state index contributed by atoms with van der Waals surface area (Å²) in [4.78, 5) is 24.5. The second kappa shape index (κ2) is 14.1. The van der Waals surface area contributed by atoms with Crippen molar-refractivity contribution < 1.29 is 4.79 Å². The van der Waals surface area contributed by atoms with Crippen molar-refractivity contribution in [3.63, 3.8) is 0 Å². The van der Waals surface area contributed by atoms with Crippen molar-refractivity contribution in [1.29, 1.82) is 0 Å². The van der Waals surface area contributed by atoms with Crippen LogP contribution in [0.3, 0.4) is 0 Å². The van der Waals surface area contributed by atoms with E-state index in [4.69, 9.17) is 10.7 Å². The van der Waals surface area contributed by atoms with Crippen LogP contribution in [0.1, 0.15) is 45.5 Å². The first-order valence-electron chi connectivity index (χ1n) is 14.1. The van der Waals surface area contributed by atoms with Gasteiger partial charge in [-0.25, -0.2) is 9.97 Å². The van der Waals surface area contributed by atoms with Crippen LogP contribution in [0.5, 0.6) is 0 Å². The number of carbonyl (C=O) groups excluding carboxylic acids is 1. The van der Waals surface area contributed by atoms with E-state index in [1.54, 1.807) is 42.2 Å². The summed E-state index contributed by atoms with van der Waals surface area (Å²) in [6, 6.07) is 2.09. The third kappa shape index (κ3) is 7.51. The molecule has 1 unspecified atom stereocenters. The van der Waals surface area contributed by atoms with Crippen molar-refractivity contribution in [2.75, 3.05) is 18.4 Å². The molecule has 0 aromatic carbocycles. The van der Waals surface area contributed by atoms with Crippen LogP contribution in [-0.2, 0) is 17.9 Å². The molecule has 0 aliphatic heterocycles. The van der Waals surface area contributed by atoms with Crippen LogP contribution < -0.4 is 16.4 Å². The zero-order valence-corrected chi connectivity index (χ0v) is 25.8. The summed E-state index contributed by atoms with van der Waals surface area (Å²) >= 11 is 1.42. The number of nitrogens with one attached hydrogen (secondary N) is 2. The van der Waals surface area contributed by atoms with E-state index >= 15 is 0 Å². The summed E-state index contributed by atoms with van der Waals surface area (Å²) in [5.74, 6) is 1.05. The molecule has 0 saturated heterocycles. The fraction of sp³-hybridized carbons (Fsp3) is 0.367. The number of carbonyl (C=O) groups is 1. The van der Waals surface area contributed by atoms with Gasteiger partial charge in [0.15, 0.2) is 11.5 Å². The van der Waals surface area contributed by atoms with Gasteiger partial charge in [0.1, 0.15) is 11.5 Å². The molecule has 4 rings (SSSR count). The number of hydrogen-bond acceptors (Lipinski definition) is 9. The molecule has 0 spiro atoms. The molecule has 1 amide bonds. The Morgan fingerprint density at radius 1 is 1.29 bits per heavy atom. The fourth-order valence-corrected chi connectivity index (χ4v) is 5.13. The lowest BCUT2D eigenvalue weighted by atomic mass is 10.1. The highest BCUT2D eigenvalue weighted by molar-refractivity contribution is 7.10. The SMILES string of the molecule is C=C/C=C(NC(=O)Cn1cc(-c2cnc3c(Nc4cc(CN(CC)CC(C)CC)ns4)nc(C)cn23)cn1)\C(N)=C/C. The molecular weight excluding hydrogens is 548 g/mol. The van der Waals surface area contributed by atoms with Gasteiger partial charge in [-0.2, -0.15) is 9.47 Å². The van der Waals surface area contributed by atoms with Crippen LogP contribution >= 0.6 is 11.5 Å². The van der Waals surface area contributed by atoms with Crippen molar-refractivity contribution in [2.45, 2.75) is 54.1 Å². The zero-order chi connectivity index (χ0) is 30.2. The molecular formula is C30H40N10OS. The first-order valence-corrected chi connectivity index (χ1v) is 14.9. The maximum absolute atomic E-state index is 12.7. The average molecular weight is 589 g/mol. The third-order valence-corrected chi connectivity index (χ3v) is 7.67. The summed E-state index contributed by atoms with van der Waals surface area (Å²) < 4.78 is 8.24. The number of amides is 1. The number of imidazole rings is 1. The fourth-order valence-electron chi connectivity index (χ4n) is 4.48. The van der Waals surface area contributed by atoms with Gasteiger partial charge in [-0.05, 0) is 50.0 Å². The van der Waals surface area contributed by atoms with Crippen LogP contribution in [-0.4, -0.2) is 52.4 Å². The molecule has 42 heavy (non-hydrogen) atoms. The molecule has 12 heteroatoms. The van der Waals surface area contributed by atoms with Crippen LogP contribution in [0.2, 0.25) is 0 Å². The normalized spacial score (nSPS) is 13.1. The molecule has 4 aromatic rings. The van der Waals surface area contributed by atoms with Crippen molar-refractivity contribution >= 4 is 33.9 Å². The molecule has 0 fully saturated rings. The van der Waals surface area contributed by atoms with Crippen LogP contribution in [0.4, 0.5) is 10.8 Å². The number of rotatable bonds is 14. The first kappa shape index (κ1) is 30.7. The Bertz CT molecular complexity index is 1590. The Kier molecular flexibility index (Phi) is 10.3. The van der Waals surface area contributed by atoms with Gasteiger partial charge >= 0.3 is 0 Å². The van der Waals surface area contributed by atoms with E-state index < -0.39 is 0 Å². The predicted molar refractivity (Wildman–Crippen MR) is 169 cm³/mol. The minimum absolute atomic E-state index is 0.0239. The van der Waals surface area contributed by atoms with Crippen molar-refractivity contribution in [3.8, 4) is 11.3 Å². The van der Waals surface area contributed by atoms with Gasteiger partial charge in [0.05, 0.1) is 40.9 Å². The highest BCUT2D eigenvalue weighted by Gasteiger charge is 2.16. The predicted octanol–water partition coefficient (Wildman–Crippen LogP) is 5.02. The Morgan fingerprint density at radius 2 is 2.10 bits per heavy atom. The molecule has 0 bridgehead atoms. The lowest BCUT2D eigenvalue weighted by Gasteiger charge is -2.22. The van der Waals surface area contributed by atoms with Gasteiger partial charge in [-0.1, -0.05) is 45.9 Å². The molecule has 1 atom stereocenters. The molecule has 4 N–H and O–H groups in total. The highest BCUT2D eigenvalue weighted by atomic mass is 32.1. The van der Waals surface area contributed by atoms with E-state index in [2.05, 4.69) is 63.4 Å². The minimum atomic E-state index is -0.252. The Labute approximate surface area is 251 Å². The van der Waals surface area contributed by atoms with E-state index in [9.17, 15) is 4.79 Å². The number of anilines is 2. The topological polar surface area (TPSA) is 131 Å². The van der Waals surface area contributed by atoms with Gasteiger partial charge in [0, 0.05) is 31.0 Å². The Hall–Kier alpha value is -4.29. The summed E-state index contributed by atoms with van der Waals surface area (Å²) in [7, 11) is 0. The van der Waals surface area contributed by atoms with Crippen LogP contribution in [0.25, 0.3) is 16.9 Å². The standard InChI is InChI=1S/C30H40N10OS/c1-7-11-25(24(31)9-3)35-27(41)19-39-17-22(13-33-39)26-14-32-30-29(34-21(6)16-40(26)30)36-28-12-23(37-42-28)18-38(10-4)15-20(5)8-2/h7,9,11-14,16-17,20H,1,8,10,15,18-19,31H2,2-6H3,(H,34,36)(H,35,41)/b24-9+,25-11+. The number of allylic oxidation sites excluding steroid dienone is 3. The number of hydrogen-bond donors (Lipinski definition) is 3. The maximum atomic E-state index is 12.7. The highest BCUT2D eigenvalue weighted by Crippen LogP contribution is 2.28. The molecule has 11 nitrogen and oxygen atoms in total. The van der Waals surface area contributed by atoms with E-state index in [1.807, 2.05) is 23.7 Å². The Morgan fingerprint density at radius 3 is 2.81 bits per heavy atom. The summed E-state index contributed by atoms with van der Waals surface area (Å²) in [5.41, 5.74) is 11.1. The van der Waals surface area contributed by atoms with E-state index in [0.29, 0.717) is 28.8 Å². The van der Waals surface area contributed by atoms with Crippen molar-refractivity contribution in [2.24, 2.45) is 11.7 Å². The van der Waals surface area contributed by atoms with Gasteiger partial charge in [0.25, 0.3) is 0 Å². The average Bonchev–Trinajstić information content (AvgIpc) is 3.72. The lowest BCUT2D eigenvalue weighted by Crippen LogP contribution is -2.29. The molecule has 0 aliphatic carbocycles. The quantitative estimate of drug-likeness (QED) is 0.175. The minimum Gasteiger partial charge on any atom is -0.397 e. The van der Waals surface area contributed by atoms with Gasteiger partial charge < -0.3 is 16.4 Å². The Balaban J connectivity index is 1.50.